The zero-order valence-corrected chi connectivity index (χ0v) is 16.2. The van der Waals surface area contributed by atoms with Gasteiger partial charge in [0.2, 0.25) is 5.13 Å². The number of rotatable bonds is 7. The summed E-state index contributed by atoms with van der Waals surface area (Å²) < 4.78 is 11.1. The van der Waals surface area contributed by atoms with E-state index in [0.29, 0.717) is 10.8 Å². The summed E-state index contributed by atoms with van der Waals surface area (Å²) in [6.07, 6.45) is 0. The lowest BCUT2D eigenvalue weighted by molar-refractivity contribution is -0.384. The van der Waals surface area contributed by atoms with Crippen molar-refractivity contribution in [2.75, 3.05) is 5.32 Å². The van der Waals surface area contributed by atoms with Gasteiger partial charge in [0.25, 0.3) is 11.6 Å². The summed E-state index contributed by atoms with van der Waals surface area (Å²) in [5.74, 6) is 0.394. The largest absolute Gasteiger partial charge is 0.486 e. The number of carbonyl (C=O) groups is 1. The molecule has 150 valence electrons. The van der Waals surface area contributed by atoms with Crippen LogP contribution in [0.15, 0.2) is 71.1 Å². The van der Waals surface area contributed by atoms with Gasteiger partial charge in [0.05, 0.1) is 10.5 Å². The number of anilines is 1. The Morgan fingerprint density at radius 2 is 1.83 bits per heavy atom. The van der Waals surface area contributed by atoms with E-state index < -0.39 is 10.8 Å². The Balaban J connectivity index is 1.42. The van der Waals surface area contributed by atoms with E-state index in [4.69, 9.17) is 9.15 Å². The van der Waals surface area contributed by atoms with Gasteiger partial charge in [0.1, 0.15) is 18.1 Å². The SMILES string of the molecule is O=C(Nc1nnc(COc2ccccc2)s1)c1ccc(-c2ccccc2[N+](=O)[O-])o1. The van der Waals surface area contributed by atoms with Crippen molar-refractivity contribution in [3.05, 3.63) is 87.6 Å². The Morgan fingerprint density at radius 1 is 1.07 bits per heavy atom. The van der Waals surface area contributed by atoms with Crippen LogP contribution in [0.25, 0.3) is 11.3 Å². The lowest BCUT2D eigenvalue weighted by atomic mass is 10.1. The van der Waals surface area contributed by atoms with Crippen LogP contribution in [0.2, 0.25) is 0 Å². The van der Waals surface area contributed by atoms with Crippen LogP contribution in [0.4, 0.5) is 10.8 Å². The minimum atomic E-state index is -0.536. The number of benzene rings is 2. The fraction of sp³-hybridized carbons (Fsp3) is 0.0500. The van der Waals surface area contributed by atoms with Crippen molar-refractivity contribution in [3.63, 3.8) is 0 Å². The molecule has 0 radical (unpaired) electrons. The molecule has 0 aliphatic heterocycles. The smallest absolute Gasteiger partial charge is 0.293 e. The third-order valence-electron chi connectivity index (χ3n) is 3.99. The Labute approximate surface area is 174 Å². The van der Waals surface area contributed by atoms with Crippen LogP contribution in [0.3, 0.4) is 0 Å². The summed E-state index contributed by atoms with van der Waals surface area (Å²) in [6, 6.07) is 18.4. The molecule has 0 aliphatic rings. The summed E-state index contributed by atoms with van der Waals surface area (Å²) in [5.41, 5.74) is 0.184. The number of carbonyl (C=O) groups excluding carboxylic acids is 1. The molecule has 0 atom stereocenters. The molecule has 1 amide bonds. The zero-order valence-electron chi connectivity index (χ0n) is 15.3. The molecule has 4 aromatic rings. The van der Waals surface area contributed by atoms with Gasteiger partial charge in [-0.05, 0) is 30.3 Å². The molecule has 0 aliphatic carbocycles. The van der Waals surface area contributed by atoms with E-state index in [9.17, 15) is 14.9 Å². The van der Waals surface area contributed by atoms with Crippen LogP contribution >= 0.6 is 11.3 Å². The molecule has 2 aromatic heterocycles. The van der Waals surface area contributed by atoms with Crippen molar-refractivity contribution in [1.29, 1.82) is 0 Å². The van der Waals surface area contributed by atoms with Crippen molar-refractivity contribution in [2.45, 2.75) is 6.61 Å². The predicted octanol–water partition coefficient (Wildman–Crippen LogP) is 4.54. The van der Waals surface area contributed by atoms with Gasteiger partial charge in [-0.1, -0.05) is 41.7 Å². The van der Waals surface area contributed by atoms with Gasteiger partial charge in [-0.25, -0.2) is 0 Å². The van der Waals surface area contributed by atoms with Crippen LogP contribution in [-0.2, 0) is 6.61 Å². The van der Waals surface area contributed by atoms with E-state index in [-0.39, 0.29) is 34.5 Å². The van der Waals surface area contributed by atoms with Crippen molar-refractivity contribution < 1.29 is 18.9 Å². The van der Waals surface area contributed by atoms with Gasteiger partial charge >= 0.3 is 0 Å². The van der Waals surface area contributed by atoms with Crippen molar-refractivity contribution in [2.24, 2.45) is 0 Å². The first kappa shape index (κ1) is 19.3. The minimum absolute atomic E-state index is 0.000404. The Bertz CT molecular complexity index is 1190. The number of ether oxygens (including phenoxy) is 1. The average Bonchev–Trinajstić information content (AvgIpc) is 3.43. The minimum Gasteiger partial charge on any atom is -0.486 e. The van der Waals surface area contributed by atoms with Gasteiger partial charge in [-0.2, -0.15) is 0 Å². The van der Waals surface area contributed by atoms with Gasteiger partial charge in [0.15, 0.2) is 10.8 Å². The Hall–Kier alpha value is -4.05. The number of nitrogens with one attached hydrogen (secondary N) is 1. The fourth-order valence-corrected chi connectivity index (χ4v) is 3.28. The monoisotopic (exact) mass is 422 g/mol. The highest BCUT2D eigenvalue weighted by atomic mass is 32.1. The van der Waals surface area contributed by atoms with Crippen molar-refractivity contribution in [1.82, 2.24) is 10.2 Å². The zero-order chi connectivity index (χ0) is 20.9. The average molecular weight is 422 g/mol. The molecular weight excluding hydrogens is 408 g/mol. The first-order chi connectivity index (χ1) is 14.6. The summed E-state index contributed by atoms with van der Waals surface area (Å²) in [5, 5.41) is 22.6. The molecule has 9 nitrogen and oxygen atoms in total. The van der Waals surface area contributed by atoms with E-state index >= 15 is 0 Å². The lowest BCUT2D eigenvalue weighted by Crippen LogP contribution is -2.10. The maximum Gasteiger partial charge on any atom is 0.293 e. The molecule has 0 saturated heterocycles. The van der Waals surface area contributed by atoms with Crippen LogP contribution in [0.1, 0.15) is 15.6 Å². The number of para-hydroxylation sites is 2. The molecule has 0 spiro atoms. The van der Waals surface area contributed by atoms with E-state index in [1.54, 1.807) is 18.2 Å². The number of furan rings is 1. The Kier molecular flexibility index (Phi) is 5.48. The van der Waals surface area contributed by atoms with Crippen LogP contribution in [0.5, 0.6) is 5.75 Å². The number of hydrogen-bond donors (Lipinski definition) is 1. The number of nitro benzene ring substituents is 1. The first-order valence-electron chi connectivity index (χ1n) is 8.75. The third-order valence-corrected chi connectivity index (χ3v) is 4.80. The van der Waals surface area contributed by atoms with Crippen LogP contribution < -0.4 is 10.1 Å². The number of nitrogens with zero attached hydrogens (tertiary/aromatic N) is 3. The molecule has 1 N–H and O–H groups in total. The maximum atomic E-state index is 12.4. The Morgan fingerprint density at radius 3 is 2.63 bits per heavy atom. The van der Waals surface area contributed by atoms with Crippen molar-refractivity contribution >= 4 is 28.1 Å². The number of hydrogen-bond acceptors (Lipinski definition) is 8. The van der Waals surface area contributed by atoms with E-state index in [2.05, 4.69) is 15.5 Å². The quantitative estimate of drug-likeness (QED) is 0.343. The molecule has 0 saturated carbocycles. The van der Waals surface area contributed by atoms with Crippen molar-refractivity contribution in [3.8, 4) is 17.1 Å². The molecule has 10 heteroatoms. The van der Waals surface area contributed by atoms with Gasteiger partial charge < -0.3 is 9.15 Å². The topological polar surface area (TPSA) is 120 Å². The molecule has 4 rings (SSSR count). The van der Waals surface area contributed by atoms with Gasteiger partial charge in [-0.3, -0.25) is 20.2 Å². The number of amides is 1. The second-order valence-electron chi connectivity index (χ2n) is 5.99. The predicted molar refractivity (Wildman–Crippen MR) is 109 cm³/mol. The van der Waals surface area contributed by atoms with Gasteiger partial charge in [-0.15, -0.1) is 10.2 Å². The highest BCUT2D eigenvalue weighted by Gasteiger charge is 2.20. The molecule has 30 heavy (non-hydrogen) atoms. The van der Waals surface area contributed by atoms with Gasteiger partial charge in [0, 0.05) is 6.07 Å². The molecular formula is C20H14N4O5S. The van der Waals surface area contributed by atoms with E-state index in [0.717, 1.165) is 0 Å². The first-order valence-corrected chi connectivity index (χ1v) is 9.57. The van der Waals surface area contributed by atoms with E-state index in [1.165, 1.54) is 29.5 Å². The fourth-order valence-electron chi connectivity index (χ4n) is 2.63. The summed E-state index contributed by atoms with van der Waals surface area (Å²) in [6.45, 7) is 0.222. The third kappa shape index (κ3) is 4.33. The summed E-state index contributed by atoms with van der Waals surface area (Å²) in [4.78, 5) is 23.1. The van der Waals surface area contributed by atoms with Crippen LogP contribution in [-0.4, -0.2) is 21.0 Å². The highest BCUT2D eigenvalue weighted by molar-refractivity contribution is 7.15. The highest BCUT2D eigenvalue weighted by Crippen LogP contribution is 2.31. The van der Waals surface area contributed by atoms with Crippen LogP contribution in [0, 0.1) is 10.1 Å². The molecule has 0 fully saturated rings. The summed E-state index contributed by atoms with van der Waals surface area (Å²) in [7, 11) is 0. The lowest BCUT2D eigenvalue weighted by Gasteiger charge is -2.02. The standard InChI is InChI=1S/C20H14N4O5S/c25-19(17-11-10-16(29-17)14-8-4-5-9-15(14)24(26)27)21-20-23-22-18(30-20)12-28-13-6-2-1-3-7-13/h1-11H,12H2,(H,21,23,25). The second-order valence-corrected chi connectivity index (χ2v) is 7.06. The summed E-state index contributed by atoms with van der Waals surface area (Å²) >= 11 is 1.17. The second kappa shape index (κ2) is 8.53. The molecule has 0 unspecified atom stereocenters. The molecule has 2 heterocycles. The molecule has 2 aromatic carbocycles. The molecule has 0 bridgehead atoms. The number of aromatic nitrogens is 2. The number of nitro groups is 1. The normalized spacial score (nSPS) is 10.5. The van der Waals surface area contributed by atoms with E-state index in [1.807, 2.05) is 30.3 Å². The maximum absolute atomic E-state index is 12.4.